The van der Waals surface area contributed by atoms with E-state index in [1.165, 1.54) is 25.5 Å². The van der Waals surface area contributed by atoms with Crippen molar-refractivity contribution in [2.24, 2.45) is 5.92 Å². The van der Waals surface area contributed by atoms with E-state index < -0.39 is 0 Å². The Hall–Kier alpha value is -1.31. The van der Waals surface area contributed by atoms with Crippen molar-refractivity contribution in [2.45, 2.75) is 25.7 Å². The number of carbonyl (C=O) groups excluding carboxylic acids is 1. The molecule has 0 radical (unpaired) electrons. The summed E-state index contributed by atoms with van der Waals surface area (Å²) in [5.74, 6) is 1.24. The van der Waals surface area contributed by atoms with Crippen molar-refractivity contribution in [1.29, 1.82) is 0 Å². The van der Waals surface area contributed by atoms with Crippen molar-refractivity contribution in [1.82, 2.24) is 0 Å². The number of esters is 1. The maximum Gasteiger partial charge on any atom is 0.337 e. The molecule has 2 nitrogen and oxygen atoms in total. The lowest BCUT2D eigenvalue weighted by molar-refractivity contribution is 0.0600. The van der Waals surface area contributed by atoms with E-state index in [2.05, 4.69) is 13.0 Å². The Morgan fingerprint density at radius 2 is 2.33 bits per heavy atom. The van der Waals surface area contributed by atoms with Crippen LogP contribution in [0, 0.1) is 5.92 Å². The summed E-state index contributed by atoms with van der Waals surface area (Å²) in [6.07, 6.45) is 2.49. The third-order valence-electron chi connectivity index (χ3n) is 3.18. The molecule has 0 aliphatic heterocycles. The van der Waals surface area contributed by atoms with Gasteiger partial charge in [0.2, 0.25) is 0 Å². The molecule has 0 saturated heterocycles. The molecule has 15 heavy (non-hydrogen) atoms. The van der Waals surface area contributed by atoms with Crippen LogP contribution >= 0.6 is 0 Å². The van der Waals surface area contributed by atoms with Crippen LogP contribution in [0.1, 0.15) is 41.6 Å². The molecule has 0 unspecified atom stereocenters. The van der Waals surface area contributed by atoms with Crippen LogP contribution in [0.2, 0.25) is 0 Å². The summed E-state index contributed by atoms with van der Waals surface area (Å²) in [4.78, 5) is 11.3. The van der Waals surface area contributed by atoms with Crippen LogP contribution < -0.4 is 0 Å². The third kappa shape index (κ3) is 2.04. The smallest absolute Gasteiger partial charge is 0.337 e. The third-order valence-corrected chi connectivity index (χ3v) is 3.18. The Morgan fingerprint density at radius 1 is 1.53 bits per heavy atom. The first-order chi connectivity index (χ1) is 7.26. The zero-order chi connectivity index (χ0) is 10.8. The van der Waals surface area contributed by atoms with Crippen LogP contribution in [0.3, 0.4) is 0 Å². The minimum atomic E-state index is -0.245. The van der Waals surface area contributed by atoms with Crippen molar-refractivity contribution in [3.8, 4) is 0 Å². The lowest BCUT2D eigenvalue weighted by Gasteiger charge is -2.03. The number of hydrogen-bond acceptors (Lipinski definition) is 2. The van der Waals surface area contributed by atoms with Gasteiger partial charge in [-0.25, -0.2) is 4.79 Å². The molecule has 2 rings (SSSR count). The number of ether oxygens (including phenoxy) is 1. The molecule has 0 aromatic heterocycles. The molecular weight excluding hydrogens is 188 g/mol. The number of rotatable bonds is 3. The molecule has 0 amide bonds. The first kappa shape index (κ1) is 10.2. The molecule has 1 fully saturated rings. The van der Waals surface area contributed by atoms with E-state index >= 15 is 0 Å². The summed E-state index contributed by atoms with van der Waals surface area (Å²) in [5, 5.41) is 0. The molecule has 2 heteroatoms. The molecule has 0 heterocycles. The molecule has 80 valence electrons. The first-order valence-corrected chi connectivity index (χ1v) is 5.44. The largest absolute Gasteiger partial charge is 0.465 e. The Morgan fingerprint density at radius 3 is 2.93 bits per heavy atom. The van der Waals surface area contributed by atoms with Crippen LogP contribution in [0.25, 0.3) is 0 Å². The van der Waals surface area contributed by atoms with Crippen LogP contribution in [-0.2, 0) is 4.74 Å². The number of hydrogen-bond donors (Lipinski definition) is 0. The van der Waals surface area contributed by atoms with Gasteiger partial charge in [-0.1, -0.05) is 25.5 Å². The fourth-order valence-electron chi connectivity index (χ4n) is 2.12. The topological polar surface area (TPSA) is 26.3 Å². The summed E-state index contributed by atoms with van der Waals surface area (Å²) >= 11 is 0. The number of benzene rings is 1. The normalized spacial score (nSPS) is 23.6. The number of carbonyl (C=O) groups is 1. The zero-order valence-electron chi connectivity index (χ0n) is 9.19. The van der Waals surface area contributed by atoms with Gasteiger partial charge in [-0.2, -0.15) is 0 Å². The minimum Gasteiger partial charge on any atom is -0.465 e. The Labute approximate surface area is 90.3 Å². The van der Waals surface area contributed by atoms with Gasteiger partial charge in [0.25, 0.3) is 0 Å². The summed E-state index contributed by atoms with van der Waals surface area (Å²) < 4.78 is 4.71. The van der Waals surface area contributed by atoms with Gasteiger partial charge in [-0.05, 0) is 36.0 Å². The van der Waals surface area contributed by atoms with E-state index in [4.69, 9.17) is 4.74 Å². The zero-order valence-corrected chi connectivity index (χ0v) is 9.19. The highest BCUT2D eigenvalue weighted by Gasteiger charge is 2.36. The molecule has 0 bridgehead atoms. The standard InChI is InChI=1S/C13H16O2/c1-3-9-8-12(9)10-5-4-6-11(7-10)13(14)15-2/h4-7,9,12H,3,8H2,1-2H3/t9-,12-/m0/s1. The molecule has 1 aromatic rings. The van der Waals surface area contributed by atoms with Crippen molar-refractivity contribution in [3.05, 3.63) is 35.4 Å². The van der Waals surface area contributed by atoms with E-state index in [9.17, 15) is 4.79 Å². The predicted octanol–water partition coefficient (Wildman–Crippen LogP) is 2.99. The molecule has 1 aliphatic carbocycles. The van der Waals surface area contributed by atoms with Crippen molar-refractivity contribution in [3.63, 3.8) is 0 Å². The van der Waals surface area contributed by atoms with Crippen LogP contribution in [-0.4, -0.2) is 13.1 Å². The quantitative estimate of drug-likeness (QED) is 0.707. The molecular formula is C13H16O2. The minimum absolute atomic E-state index is 0.245. The molecule has 1 aromatic carbocycles. The van der Waals surface area contributed by atoms with Crippen molar-refractivity contribution >= 4 is 5.97 Å². The van der Waals surface area contributed by atoms with E-state index in [0.29, 0.717) is 11.5 Å². The van der Waals surface area contributed by atoms with Gasteiger partial charge in [0.05, 0.1) is 12.7 Å². The second kappa shape index (κ2) is 4.05. The SMILES string of the molecule is CC[C@H]1C[C@@H]1c1cccc(C(=O)OC)c1. The van der Waals surface area contributed by atoms with Crippen molar-refractivity contribution < 1.29 is 9.53 Å². The van der Waals surface area contributed by atoms with Gasteiger partial charge >= 0.3 is 5.97 Å². The first-order valence-electron chi connectivity index (χ1n) is 5.44. The molecule has 0 spiro atoms. The van der Waals surface area contributed by atoms with E-state index in [0.717, 1.165) is 5.92 Å². The van der Waals surface area contributed by atoms with Gasteiger partial charge in [-0.3, -0.25) is 0 Å². The second-order valence-corrected chi connectivity index (χ2v) is 4.13. The highest BCUT2D eigenvalue weighted by Crippen LogP contribution is 2.49. The summed E-state index contributed by atoms with van der Waals surface area (Å²) in [7, 11) is 1.42. The highest BCUT2D eigenvalue weighted by atomic mass is 16.5. The maximum absolute atomic E-state index is 11.3. The molecule has 1 aliphatic rings. The second-order valence-electron chi connectivity index (χ2n) is 4.13. The molecule has 1 saturated carbocycles. The fraction of sp³-hybridized carbons (Fsp3) is 0.462. The lowest BCUT2D eigenvalue weighted by atomic mass is 10.1. The molecule has 2 atom stereocenters. The van der Waals surface area contributed by atoms with Crippen LogP contribution in [0.4, 0.5) is 0 Å². The summed E-state index contributed by atoms with van der Waals surface area (Å²) in [5.41, 5.74) is 1.95. The van der Waals surface area contributed by atoms with Crippen LogP contribution in [0.5, 0.6) is 0 Å². The van der Waals surface area contributed by atoms with Gasteiger partial charge in [0.15, 0.2) is 0 Å². The van der Waals surface area contributed by atoms with E-state index in [-0.39, 0.29) is 5.97 Å². The fourth-order valence-corrected chi connectivity index (χ4v) is 2.12. The average molecular weight is 204 g/mol. The van der Waals surface area contributed by atoms with Gasteiger partial charge in [-0.15, -0.1) is 0 Å². The Kier molecular flexibility index (Phi) is 2.76. The Bertz CT molecular complexity index is 371. The highest BCUT2D eigenvalue weighted by molar-refractivity contribution is 5.89. The lowest BCUT2D eigenvalue weighted by Crippen LogP contribution is -2.01. The summed E-state index contributed by atoms with van der Waals surface area (Å²) in [6, 6.07) is 7.81. The Balaban J connectivity index is 2.17. The summed E-state index contributed by atoms with van der Waals surface area (Å²) in [6.45, 7) is 2.22. The monoisotopic (exact) mass is 204 g/mol. The van der Waals surface area contributed by atoms with Crippen molar-refractivity contribution in [2.75, 3.05) is 7.11 Å². The average Bonchev–Trinajstić information content (AvgIpc) is 3.07. The van der Waals surface area contributed by atoms with Gasteiger partial charge in [0.1, 0.15) is 0 Å². The van der Waals surface area contributed by atoms with Crippen LogP contribution in [0.15, 0.2) is 24.3 Å². The van der Waals surface area contributed by atoms with E-state index in [1.54, 1.807) is 6.07 Å². The number of methoxy groups -OCH3 is 1. The predicted molar refractivity (Wildman–Crippen MR) is 58.9 cm³/mol. The maximum atomic E-state index is 11.3. The van der Waals surface area contributed by atoms with Gasteiger partial charge < -0.3 is 4.74 Å². The molecule has 0 N–H and O–H groups in total. The van der Waals surface area contributed by atoms with Gasteiger partial charge in [0, 0.05) is 0 Å². The van der Waals surface area contributed by atoms with E-state index in [1.807, 2.05) is 12.1 Å².